The maximum absolute atomic E-state index is 11.9. The molecular weight excluding hydrogens is 257 g/mol. The fourth-order valence-corrected chi connectivity index (χ4v) is 1.66. The van der Waals surface area contributed by atoms with Gasteiger partial charge in [-0.2, -0.15) is 13.2 Å². The van der Waals surface area contributed by atoms with Crippen molar-refractivity contribution < 1.29 is 17.9 Å². The van der Waals surface area contributed by atoms with Crippen LogP contribution in [-0.4, -0.2) is 37.9 Å². The van der Waals surface area contributed by atoms with E-state index >= 15 is 0 Å². The van der Waals surface area contributed by atoms with Crippen LogP contribution in [0.4, 0.5) is 18.9 Å². The van der Waals surface area contributed by atoms with Crippen LogP contribution < -0.4 is 5.73 Å². The minimum Gasteiger partial charge on any atom is -0.399 e. The number of nitrogens with two attached hydrogens (primary N) is 1. The Balaban J connectivity index is 2.39. The van der Waals surface area contributed by atoms with Crippen LogP contribution in [0.15, 0.2) is 24.3 Å². The van der Waals surface area contributed by atoms with Crippen LogP contribution in [0.3, 0.4) is 0 Å². The van der Waals surface area contributed by atoms with Gasteiger partial charge in [0.1, 0.15) is 6.61 Å². The number of benzene rings is 1. The molecule has 0 saturated heterocycles. The molecule has 0 aliphatic rings. The largest absolute Gasteiger partial charge is 0.411 e. The summed E-state index contributed by atoms with van der Waals surface area (Å²) < 4.78 is 40.3. The van der Waals surface area contributed by atoms with Gasteiger partial charge in [-0.05, 0) is 31.7 Å². The van der Waals surface area contributed by atoms with Gasteiger partial charge in [-0.3, -0.25) is 4.90 Å². The average molecular weight is 276 g/mol. The van der Waals surface area contributed by atoms with Gasteiger partial charge in [0.25, 0.3) is 0 Å². The predicted molar refractivity (Wildman–Crippen MR) is 68.8 cm³/mol. The van der Waals surface area contributed by atoms with Crippen molar-refractivity contribution in [2.75, 3.05) is 32.5 Å². The summed E-state index contributed by atoms with van der Waals surface area (Å²) in [5.41, 5.74) is 7.40. The average Bonchev–Trinajstić information content (AvgIpc) is 2.32. The van der Waals surface area contributed by atoms with E-state index in [4.69, 9.17) is 5.73 Å². The summed E-state index contributed by atoms with van der Waals surface area (Å²) in [5.74, 6) is 0. The first kappa shape index (κ1) is 15.8. The Bertz CT molecular complexity index is 396. The lowest BCUT2D eigenvalue weighted by Gasteiger charge is -2.25. The van der Waals surface area contributed by atoms with Gasteiger partial charge in [0.2, 0.25) is 0 Å². The van der Waals surface area contributed by atoms with E-state index < -0.39 is 12.8 Å². The summed E-state index contributed by atoms with van der Waals surface area (Å²) in [6.45, 7) is 1.24. The van der Waals surface area contributed by atoms with Gasteiger partial charge in [0.05, 0.1) is 6.61 Å². The van der Waals surface area contributed by atoms with Gasteiger partial charge in [-0.1, -0.05) is 12.1 Å². The van der Waals surface area contributed by atoms with Gasteiger partial charge < -0.3 is 10.5 Å². The third-order valence-corrected chi connectivity index (χ3v) is 2.91. The van der Waals surface area contributed by atoms with Gasteiger partial charge in [-0.25, -0.2) is 0 Å². The van der Waals surface area contributed by atoms with Crippen LogP contribution in [0.25, 0.3) is 0 Å². The Morgan fingerprint density at radius 2 is 2.05 bits per heavy atom. The number of halogens is 3. The molecule has 0 fully saturated rings. The molecule has 0 heterocycles. The third kappa shape index (κ3) is 5.94. The molecule has 108 valence electrons. The summed E-state index contributed by atoms with van der Waals surface area (Å²) in [6, 6.07) is 7.52. The van der Waals surface area contributed by atoms with Crippen LogP contribution in [0.1, 0.15) is 18.5 Å². The molecule has 0 aromatic heterocycles. The van der Waals surface area contributed by atoms with Crippen molar-refractivity contribution in [1.29, 1.82) is 0 Å². The highest BCUT2D eigenvalue weighted by atomic mass is 19.4. The SMILES string of the molecule is CC(c1cccc(N)c1)N(C)CCOCC(F)(F)F. The highest BCUT2D eigenvalue weighted by Crippen LogP contribution is 2.20. The van der Waals surface area contributed by atoms with Crippen molar-refractivity contribution in [3.05, 3.63) is 29.8 Å². The number of hydrogen-bond acceptors (Lipinski definition) is 3. The zero-order valence-corrected chi connectivity index (χ0v) is 11.1. The molecular formula is C13H19F3N2O. The van der Waals surface area contributed by atoms with Gasteiger partial charge in [0.15, 0.2) is 0 Å². The smallest absolute Gasteiger partial charge is 0.399 e. The summed E-state index contributed by atoms with van der Waals surface area (Å²) in [5, 5.41) is 0. The number of nitrogen functional groups attached to an aromatic ring is 1. The zero-order valence-electron chi connectivity index (χ0n) is 11.1. The monoisotopic (exact) mass is 276 g/mol. The van der Waals surface area contributed by atoms with Crippen LogP contribution in [0.2, 0.25) is 0 Å². The molecule has 2 N–H and O–H groups in total. The lowest BCUT2D eigenvalue weighted by molar-refractivity contribution is -0.174. The van der Waals surface area contributed by atoms with Crippen LogP contribution in [-0.2, 0) is 4.74 Å². The molecule has 1 rings (SSSR count). The molecule has 0 amide bonds. The topological polar surface area (TPSA) is 38.5 Å². The van der Waals surface area contributed by atoms with E-state index in [1.165, 1.54) is 0 Å². The molecule has 6 heteroatoms. The number of likely N-dealkylation sites (N-methyl/N-ethyl adjacent to an activating group) is 1. The molecule has 3 nitrogen and oxygen atoms in total. The lowest BCUT2D eigenvalue weighted by atomic mass is 10.1. The van der Waals surface area contributed by atoms with E-state index in [0.717, 1.165) is 5.56 Å². The Hall–Kier alpha value is -1.27. The van der Waals surface area contributed by atoms with E-state index in [1.54, 1.807) is 6.07 Å². The maximum atomic E-state index is 11.9. The Morgan fingerprint density at radius 1 is 1.37 bits per heavy atom. The number of hydrogen-bond donors (Lipinski definition) is 1. The number of rotatable bonds is 6. The minimum atomic E-state index is -4.27. The first-order chi connectivity index (χ1) is 8.79. The summed E-state index contributed by atoms with van der Waals surface area (Å²) in [4.78, 5) is 1.92. The van der Waals surface area contributed by atoms with Crippen molar-refractivity contribution in [3.8, 4) is 0 Å². The number of anilines is 1. The van der Waals surface area contributed by atoms with Crippen molar-refractivity contribution in [3.63, 3.8) is 0 Å². The Labute approximate surface area is 111 Å². The standard InChI is InChI=1S/C13H19F3N2O/c1-10(11-4-3-5-12(17)8-11)18(2)6-7-19-9-13(14,15)16/h3-5,8,10H,6-7,9,17H2,1-2H3. The molecule has 0 radical (unpaired) electrons. The second-order valence-electron chi connectivity index (χ2n) is 4.49. The molecule has 19 heavy (non-hydrogen) atoms. The normalized spacial score (nSPS) is 13.8. The first-order valence-electron chi connectivity index (χ1n) is 6.00. The van der Waals surface area contributed by atoms with E-state index in [0.29, 0.717) is 12.2 Å². The molecule has 1 aromatic carbocycles. The molecule has 1 aromatic rings. The second kappa shape index (κ2) is 6.77. The fourth-order valence-electron chi connectivity index (χ4n) is 1.66. The Kier molecular flexibility index (Phi) is 5.62. The predicted octanol–water partition coefficient (Wildman–Crippen LogP) is 2.84. The molecule has 1 unspecified atom stereocenters. The van der Waals surface area contributed by atoms with Crippen molar-refractivity contribution in [2.45, 2.75) is 19.1 Å². The van der Waals surface area contributed by atoms with Crippen molar-refractivity contribution >= 4 is 5.69 Å². The van der Waals surface area contributed by atoms with Crippen LogP contribution >= 0.6 is 0 Å². The summed E-state index contributed by atoms with van der Waals surface area (Å²) >= 11 is 0. The molecule has 0 bridgehead atoms. The maximum Gasteiger partial charge on any atom is 0.411 e. The summed E-state index contributed by atoms with van der Waals surface area (Å²) in [7, 11) is 1.84. The van der Waals surface area contributed by atoms with Crippen LogP contribution in [0.5, 0.6) is 0 Å². The number of ether oxygens (including phenoxy) is 1. The van der Waals surface area contributed by atoms with Crippen molar-refractivity contribution in [2.24, 2.45) is 0 Å². The fraction of sp³-hybridized carbons (Fsp3) is 0.538. The molecule has 0 saturated carbocycles. The number of alkyl halides is 3. The summed E-state index contributed by atoms with van der Waals surface area (Å²) in [6.07, 6.45) is -4.27. The highest BCUT2D eigenvalue weighted by molar-refractivity contribution is 5.41. The van der Waals surface area contributed by atoms with Gasteiger partial charge >= 0.3 is 6.18 Å². The van der Waals surface area contributed by atoms with E-state index in [9.17, 15) is 13.2 Å². The molecule has 0 aliphatic carbocycles. The quantitative estimate of drug-likeness (QED) is 0.641. The van der Waals surface area contributed by atoms with Gasteiger partial charge in [-0.15, -0.1) is 0 Å². The minimum absolute atomic E-state index is 0.0443. The van der Waals surface area contributed by atoms with E-state index in [-0.39, 0.29) is 12.6 Å². The second-order valence-corrected chi connectivity index (χ2v) is 4.49. The van der Waals surface area contributed by atoms with Crippen molar-refractivity contribution in [1.82, 2.24) is 4.90 Å². The van der Waals surface area contributed by atoms with E-state index in [1.807, 2.05) is 37.1 Å². The lowest BCUT2D eigenvalue weighted by Crippen LogP contribution is -2.28. The molecule has 1 atom stereocenters. The molecule has 0 spiro atoms. The van der Waals surface area contributed by atoms with E-state index in [2.05, 4.69) is 4.74 Å². The van der Waals surface area contributed by atoms with Gasteiger partial charge in [0, 0.05) is 18.3 Å². The molecule has 0 aliphatic heterocycles. The first-order valence-corrected chi connectivity index (χ1v) is 6.00. The third-order valence-electron chi connectivity index (χ3n) is 2.91. The van der Waals surface area contributed by atoms with Crippen LogP contribution in [0, 0.1) is 0 Å². The highest BCUT2D eigenvalue weighted by Gasteiger charge is 2.27. The number of nitrogens with zero attached hydrogens (tertiary/aromatic N) is 1. The Morgan fingerprint density at radius 3 is 2.63 bits per heavy atom. The zero-order chi connectivity index (χ0) is 14.5.